The minimum Gasteiger partial charge on any atom is -0.478 e. The van der Waals surface area contributed by atoms with Crippen LogP contribution < -0.4 is 0 Å². The Morgan fingerprint density at radius 3 is 2.57 bits per heavy atom. The lowest BCUT2D eigenvalue weighted by Gasteiger charge is -2.03. The van der Waals surface area contributed by atoms with Gasteiger partial charge in [-0.15, -0.1) is 11.3 Å². The molecule has 3 rings (SSSR count). The predicted molar refractivity (Wildman–Crippen MR) is 88.5 cm³/mol. The van der Waals surface area contributed by atoms with Gasteiger partial charge in [0.05, 0.1) is 5.57 Å². The molecule has 0 unspecified atom stereocenters. The SMILES string of the molecule is Cc1cccc2c(/C(=C\c3ccccc3)C(=O)O)csc12. The topological polar surface area (TPSA) is 37.3 Å². The average molecular weight is 294 g/mol. The van der Waals surface area contributed by atoms with Crippen LogP contribution in [-0.2, 0) is 4.79 Å². The lowest BCUT2D eigenvalue weighted by atomic mass is 10.0. The molecule has 3 aromatic rings. The minimum atomic E-state index is -0.903. The van der Waals surface area contributed by atoms with Gasteiger partial charge in [0.1, 0.15) is 0 Å². The zero-order valence-electron chi connectivity index (χ0n) is 11.5. The number of benzene rings is 2. The summed E-state index contributed by atoms with van der Waals surface area (Å²) in [5.74, 6) is -0.903. The van der Waals surface area contributed by atoms with Crippen molar-refractivity contribution in [3.05, 3.63) is 70.6 Å². The molecule has 0 aliphatic carbocycles. The Labute approximate surface area is 127 Å². The second-order valence-corrected chi connectivity index (χ2v) is 5.75. The molecule has 0 bridgehead atoms. The number of carboxylic acids is 1. The molecule has 0 aliphatic rings. The highest BCUT2D eigenvalue weighted by Crippen LogP contribution is 2.34. The van der Waals surface area contributed by atoms with E-state index in [1.807, 2.05) is 60.8 Å². The van der Waals surface area contributed by atoms with Gasteiger partial charge in [0.2, 0.25) is 0 Å². The summed E-state index contributed by atoms with van der Waals surface area (Å²) in [6, 6.07) is 15.5. The van der Waals surface area contributed by atoms with Crippen LogP contribution in [-0.4, -0.2) is 11.1 Å². The van der Waals surface area contributed by atoms with Gasteiger partial charge in [-0.05, 0) is 24.1 Å². The van der Waals surface area contributed by atoms with Gasteiger partial charge in [-0.3, -0.25) is 0 Å². The Kier molecular flexibility index (Phi) is 3.59. The van der Waals surface area contributed by atoms with Gasteiger partial charge >= 0.3 is 5.97 Å². The first kappa shape index (κ1) is 13.6. The maximum absolute atomic E-state index is 11.7. The summed E-state index contributed by atoms with van der Waals surface area (Å²) in [5.41, 5.74) is 3.18. The molecule has 0 atom stereocenters. The van der Waals surface area contributed by atoms with Gasteiger partial charge in [-0.2, -0.15) is 0 Å². The highest BCUT2D eigenvalue weighted by molar-refractivity contribution is 7.17. The predicted octanol–water partition coefficient (Wildman–Crippen LogP) is 4.83. The van der Waals surface area contributed by atoms with E-state index in [4.69, 9.17) is 0 Å². The normalized spacial score (nSPS) is 11.8. The molecule has 2 aromatic carbocycles. The number of carboxylic acid groups (broad SMARTS) is 1. The Morgan fingerprint density at radius 1 is 1.10 bits per heavy atom. The second-order valence-electron chi connectivity index (χ2n) is 4.87. The lowest BCUT2D eigenvalue weighted by Crippen LogP contribution is -1.99. The van der Waals surface area contributed by atoms with Gasteiger partial charge in [-0.25, -0.2) is 4.79 Å². The molecule has 0 saturated heterocycles. The molecule has 2 nitrogen and oxygen atoms in total. The van der Waals surface area contributed by atoms with Crippen LogP contribution in [0.5, 0.6) is 0 Å². The third-order valence-electron chi connectivity index (χ3n) is 3.43. The molecule has 104 valence electrons. The number of aliphatic carboxylic acids is 1. The van der Waals surface area contributed by atoms with E-state index < -0.39 is 5.97 Å². The zero-order valence-corrected chi connectivity index (χ0v) is 12.4. The zero-order chi connectivity index (χ0) is 14.8. The fourth-order valence-electron chi connectivity index (χ4n) is 2.38. The fourth-order valence-corrected chi connectivity index (χ4v) is 3.43. The van der Waals surface area contributed by atoms with Crippen molar-refractivity contribution in [1.82, 2.24) is 0 Å². The van der Waals surface area contributed by atoms with Crippen LogP contribution >= 0.6 is 11.3 Å². The molecule has 0 spiro atoms. The largest absolute Gasteiger partial charge is 0.478 e. The second kappa shape index (κ2) is 5.54. The third kappa shape index (κ3) is 2.60. The smallest absolute Gasteiger partial charge is 0.336 e. The number of rotatable bonds is 3. The van der Waals surface area contributed by atoms with Crippen molar-refractivity contribution in [2.24, 2.45) is 0 Å². The van der Waals surface area contributed by atoms with E-state index in [1.165, 1.54) is 5.56 Å². The molecule has 0 aliphatic heterocycles. The number of hydrogen-bond donors (Lipinski definition) is 1. The fraction of sp³-hybridized carbons (Fsp3) is 0.0556. The van der Waals surface area contributed by atoms with Crippen LogP contribution in [0.1, 0.15) is 16.7 Å². The van der Waals surface area contributed by atoms with E-state index >= 15 is 0 Å². The summed E-state index contributed by atoms with van der Waals surface area (Å²) in [6.45, 7) is 2.05. The van der Waals surface area contributed by atoms with Crippen molar-refractivity contribution in [2.45, 2.75) is 6.92 Å². The van der Waals surface area contributed by atoms with Crippen LogP contribution in [0.25, 0.3) is 21.7 Å². The molecule has 1 N–H and O–H groups in total. The molecule has 0 fully saturated rings. The minimum absolute atomic E-state index is 0.332. The van der Waals surface area contributed by atoms with E-state index in [1.54, 1.807) is 17.4 Å². The first-order chi connectivity index (χ1) is 10.2. The summed E-state index contributed by atoms with van der Waals surface area (Å²) in [5, 5.41) is 12.5. The van der Waals surface area contributed by atoms with E-state index in [-0.39, 0.29) is 0 Å². The van der Waals surface area contributed by atoms with Crippen molar-refractivity contribution >= 4 is 39.0 Å². The summed E-state index contributed by atoms with van der Waals surface area (Å²) in [6.07, 6.45) is 1.73. The molecular weight excluding hydrogens is 280 g/mol. The van der Waals surface area contributed by atoms with Gasteiger partial charge in [-0.1, -0.05) is 48.5 Å². The van der Waals surface area contributed by atoms with Gasteiger partial charge in [0.25, 0.3) is 0 Å². The van der Waals surface area contributed by atoms with Crippen LogP contribution in [0, 0.1) is 6.92 Å². The van der Waals surface area contributed by atoms with E-state index in [9.17, 15) is 9.90 Å². The molecule has 3 heteroatoms. The van der Waals surface area contributed by atoms with Gasteiger partial charge < -0.3 is 5.11 Å². The molecule has 0 radical (unpaired) electrons. The van der Waals surface area contributed by atoms with Crippen molar-refractivity contribution in [3.63, 3.8) is 0 Å². The lowest BCUT2D eigenvalue weighted by molar-refractivity contribution is -0.130. The Bertz CT molecular complexity index is 829. The van der Waals surface area contributed by atoms with Crippen LogP contribution in [0.3, 0.4) is 0 Å². The Morgan fingerprint density at radius 2 is 1.86 bits per heavy atom. The Hall–Kier alpha value is -2.39. The first-order valence-electron chi connectivity index (χ1n) is 6.64. The van der Waals surface area contributed by atoms with E-state index in [0.29, 0.717) is 5.57 Å². The summed E-state index contributed by atoms with van der Waals surface area (Å²) >= 11 is 1.59. The van der Waals surface area contributed by atoms with Crippen LogP contribution in [0.15, 0.2) is 53.9 Å². The molecule has 1 aromatic heterocycles. The van der Waals surface area contributed by atoms with Gasteiger partial charge in [0, 0.05) is 21.0 Å². The maximum atomic E-state index is 11.7. The number of fused-ring (bicyclic) bond motifs is 1. The van der Waals surface area contributed by atoms with E-state index in [0.717, 1.165) is 21.2 Å². The summed E-state index contributed by atoms with van der Waals surface area (Å²) in [4.78, 5) is 11.7. The van der Waals surface area contributed by atoms with Crippen molar-refractivity contribution in [1.29, 1.82) is 0 Å². The number of thiophene rings is 1. The molecule has 1 heterocycles. The molecule has 21 heavy (non-hydrogen) atoms. The number of hydrogen-bond acceptors (Lipinski definition) is 2. The average Bonchev–Trinajstić information content (AvgIpc) is 2.91. The van der Waals surface area contributed by atoms with E-state index in [2.05, 4.69) is 0 Å². The molecule has 0 saturated carbocycles. The van der Waals surface area contributed by atoms with Crippen LogP contribution in [0.4, 0.5) is 0 Å². The number of aryl methyl sites for hydroxylation is 1. The van der Waals surface area contributed by atoms with Crippen molar-refractivity contribution < 1.29 is 9.90 Å². The monoisotopic (exact) mass is 294 g/mol. The van der Waals surface area contributed by atoms with Crippen molar-refractivity contribution in [2.75, 3.05) is 0 Å². The van der Waals surface area contributed by atoms with Gasteiger partial charge in [0.15, 0.2) is 0 Å². The maximum Gasteiger partial charge on any atom is 0.336 e. The van der Waals surface area contributed by atoms with Crippen molar-refractivity contribution in [3.8, 4) is 0 Å². The summed E-state index contributed by atoms with van der Waals surface area (Å²) in [7, 11) is 0. The Balaban J connectivity index is 2.19. The standard InChI is InChI=1S/C18H14O2S/c1-12-6-5-9-14-16(11-21-17(12)14)15(18(19)20)10-13-7-3-2-4-8-13/h2-11H,1H3,(H,19,20)/b15-10+. The van der Waals surface area contributed by atoms with Crippen LogP contribution in [0.2, 0.25) is 0 Å². The molecule has 0 amide bonds. The number of carbonyl (C=O) groups is 1. The molecular formula is C18H14O2S. The first-order valence-corrected chi connectivity index (χ1v) is 7.52. The highest BCUT2D eigenvalue weighted by atomic mass is 32.1. The summed E-state index contributed by atoms with van der Waals surface area (Å²) < 4.78 is 1.15. The quantitative estimate of drug-likeness (QED) is 0.702. The third-order valence-corrected chi connectivity index (χ3v) is 4.56. The highest BCUT2D eigenvalue weighted by Gasteiger charge is 2.15.